The summed E-state index contributed by atoms with van der Waals surface area (Å²) < 4.78 is 19.4. The fraction of sp³-hybridized carbons (Fsp3) is 0.333. The molecule has 1 aliphatic heterocycles. The minimum Gasteiger partial charge on any atom is -0.490 e. The molecular formula is C21H21FN2O3. The number of hydrogen-bond donors (Lipinski definition) is 2. The molecular weight excluding hydrogens is 347 g/mol. The van der Waals surface area contributed by atoms with Gasteiger partial charge >= 0.3 is 0 Å². The van der Waals surface area contributed by atoms with Gasteiger partial charge in [0.15, 0.2) is 0 Å². The summed E-state index contributed by atoms with van der Waals surface area (Å²) in [4.78, 5) is 24.6. The molecule has 0 spiro atoms. The zero-order valence-corrected chi connectivity index (χ0v) is 14.8. The molecule has 0 radical (unpaired) electrons. The van der Waals surface area contributed by atoms with Crippen LogP contribution in [0.4, 0.5) is 10.1 Å². The molecule has 2 aromatic carbocycles. The smallest absolute Gasteiger partial charge is 0.228 e. The number of nitrogens with one attached hydrogen (secondary N) is 2. The van der Waals surface area contributed by atoms with E-state index in [0.29, 0.717) is 17.8 Å². The lowest BCUT2D eigenvalue weighted by Crippen LogP contribution is -2.35. The maximum atomic E-state index is 13.4. The molecule has 0 saturated heterocycles. The SMILES string of the molecule is O=C1CC(C(=O)NCc2ccccc2OC2CCC2)c2ccc(F)cc2N1. The molecule has 140 valence electrons. The Balaban J connectivity index is 1.47. The van der Waals surface area contributed by atoms with Crippen LogP contribution in [-0.2, 0) is 16.1 Å². The van der Waals surface area contributed by atoms with Crippen molar-refractivity contribution in [2.24, 2.45) is 0 Å². The van der Waals surface area contributed by atoms with Crippen LogP contribution in [0.1, 0.15) is 42.7 Å². The number of carbonyl (C=O) groups is 2. The molecule has 2 N–H and O–H groups in total. The van der Waals surface area contributed by atoms with Gasteiger partial charge in [0.25, 0.3) is 0 Å². The average Bonchev–Trinajstić information content (AvgIpc) is 2.62. The maximum absolute atomic E-state index is 13.4. The number of rotatable bonds is 5. The summed E-state index contributed by atoms with van der Waals surface area (Å²) in [6.07, 6.45) is 3.61. The zero-order chi connectivity index (χ0) is 18.8. The summed E-state index contributed by atoms with van der Waals surface area (Å²) in [7, 11) is 0. The molecule has 1 aliphatic carbocycles. The van der Waals surface area contributed by atoms with E-state index in [1.807, 2.05) is 24.3 Å². The lowest BCUT2D eigenvalue weighted by molar-refractivity contribution is -0.126. The third kappa shape index (κ3) is 3.79. The van der Waals surface area contributed by atoms with Gasteiger partial charge in [0, 0.05) is 24.2 Å². The van der Waals surface area contributed by atoms with Crippen molar-refractivity contribution in [1.29, 1.82) is 0 Å². The van der Waals surface area contributed by atoms with E-state index in [-0.39, 0.29) is 24.3 Å². The van der Waals surface area contributed by atoms with Crippen LogP contribution in [0.2, 0.25) is 0 Å². The number of amides is 2. The monoisotopic (exact) mass is 368 g/mol. The molecule has 1 atom stereocenters. The highest BCUT2D eigenvalue weighted by Gasteiger charge is 2.31. The van der Waals surface area contributed by atoms with E-state index in [1.54, 1.807) is 6.07 Å². The Labute approximate surface area is 156 Å². The predicted octanol–water partition coefficient (Wildman–Crippen LogP) is 3.50. The maximum Gasteiger partial charge on any atom is 0.228 e. The molecule has 6 heteroatoms. The quantitative estimate of drug-likeness (QED) is 0.849. The summed E-state index contributed by atoms with van der Waals surface area (Å²) in [5.41, 5.74) is 1.89. The second-order valence-corrected chi connectivity index (χ2v) is 7.03. The Morgan fingerprint density at radius 1 is 1.22 bits per heavy atom. The molecule has 2 amide bonds. The Morgan fingerprint density at radius 3 is 2.81 bits per heavy atom. The van der Waals surface area contributed by atoms with Crippen LogP contribution in [0, 0.1) is 5.82 Å². The predicted molar refractivity (Wildman–Crippen MR) is 98.9 cm³/mol. The van der Waals surface area contributed by atoms with Crippen LogP contribution >= 0.6 is 0 Å². The molecule has 2 aliphatic rings. The van der Waals surface area contributed by atoms with Crippen LogP contribution in [0.3, 0.4) is 0 Å². The summed E-state index contributed by atoms with van der Waals surface area (Å²) in [5, 5.41) is 5.53. The number of hydrogen-bond acceptors (Lipinski definition) is 3. The van der Waals surface area contributed by atoms with Crippen LogP contribution in [0.5, 0.6) is 5.75 Å². The Kier molecular flexibility index (Phi) is 4.79. The van der Waals surface area contributed by atoms with Gasteiger partial charge in [-0.1, -0.05) is 24.3 Å². The highest BCUT2D eigenvalue weighted by molar-refractivity contribution is 6.01. The summed E-state index contributed by atoms with van der Waals surface area (Å²) >= 11 is 0. The molecule has 2 aromatic rings. The second kappa shape index (κ2) is 7.39. The van der Waals surface area contributed by atoms with E-state index in [9.17, 15) is 14.0 Å². The van der Waals surface area contributed by atoms with Crippen LogP contribution < -0.4 is 15.4 Å². The van der Waals surface area contributed by atoms with Crippen LogP contribution in [0.25, 0.3) is 0 Å². The van der Waals surface area contributed by atoms with Crippen molar-refractivity contribution < 1.29 is 18.7 Å². The Morgan fingerprint density at radius 2 is 2.04 bits per heavy atom. The second-order valence-electron chi connectivity index (χ2n) is 7.03. The van der Waals surface area contributed by atoms with Crippen molar-refractivity contribution >= 4 is 17.5 Å². The van der Waals surface area contributed by atoms with Crippen molar-refractivity contribution in [3.05, 3.63) is 59.4 Å². The fourth-order valence-electron chi connectivity index (χ4n) is 3.41. The third-order valence-corrected chi connectivity index (χ3v) is 5.14. The molecule has 4 rings (SSSR count). The topological polar surface area (TPSA) is 67.4 Å². The van der Waals surface area contributed by atoms with Gasteiger partial charge in [-0.05, 0) is 43.0 Å². The molecule has 1 fully saturated rings. The lowest BCUT2D eigenvalue weighted by Gasteiger charge is -2.28. The van der Waals surface area contributed by atoms with Crippen molar-refractivity contribution in [1.82, 2.24) is 5.32 Å². The van der Waals surface area contributed by atoms with Gasteiger partial charge < -0.3 is 15.4 Å². The molecule has 1 saturated carbocycles. The molecule has 27 heavy (non-hydrogen) atoms. The minimum absolute atomic E-state index is 0.0463. The number of ether oxygens (including phenoxy) is 1. The highest BCUT2D eigenvalue weighted by atomic mass is 19.1. The van der Waals surface area contributed by atoms with E-state index < -0.39 is 11.7 Å². The zero-order valence-electron chi connectivity index (χ0n) is 14.8. The van der Waals surface area contributed by atoms with Crippen molar-refractivity contribution in [2.45, 2.75) is 44.2 Å². The summed E-state index contributed by atoms with van der Waals surface area (Å²) in [5.74, 6) is -0.837. The summed E-state index contributed by atoms with van der Waals surface area (Å²) in [6, 6.07) is 11.8. The first-order chi connectivity index (χ1) is 13.1. The van der Waals surface area contributed by atoms with Crippen molar-refractivity contribution in [3.63, 3.8) is 0 Å². The van der Waals surface area contributed by atoms with Gasteiger partial charge in [0.05, 0.1) is 12.0 Å². The molecule has 1 heterocycles. The van der Waals surface area contributed by atoms with Crippen LogP contribution in [0.15, 0.2) is 42.5 Å². The van der Waals surface area contributed by atoms with E-state index in [0.717, 1.165) is 24.2 Å². The number of anilines is 1. The van der Waals surface area contributed by atoms with E-state index in [1.165, 1.54) is 18.6 Å². The Hall–Kier alpha value is -2.89. The van der Waals surface area contributed by atoms with E-state index in [2.05, 4.69) is 10.6 Å². The van der Waals surface area contributed by atoms with Crippen molar-refractivity contribution in [3.8, 4) is 5.75 Å². The molecule has 0 aromatic heterocycles. The van der Waals surface area contributed by atoms with Crippen LogP contribution in [-0.4, -0.2) is 17.9 Å². The first kappa shape index (κ1) is 17.5. The highest BCUT2D eigenvalue weighted by Crippen LogP contribution is 2.33. The molecule has 5 nitrogen and oxygen atoms in total. The number of fused-ring (bicyclic) bond motifs is 1. The van der Waals surface area contributed by atoms with Gasteiger partial charge in [-0.2, -0.15) is 0 Å². The largest absolute Gasteiger partial charge is 0.490 e. The minimum atomic E-state index is -0.630. The third-order valence-electron chi connectivity index (χ3n) is 5.14. The standard InChI is InChI=1S/C21H21FN2O3/c22-14-8-9-16-17(11-20(25)24-18(16)10-14)21(26)23-12-13-4-1-2-7-19(13)27-15-5-3-6-15/h1-2,4,7-10,15,17H,3,5-6,11-12H2,(H,23,26)(H,24,25). The first-order valence-electron chi connectivity index (χ1n) is 9.22. The normalized spacial score (nSPS) is 18.9. The van der Waals surface area contributed by atoms with Gasteiger partial charge in [-0.25, -0.2) is 4.39 Å². The first-order valence-corrected chi connectivity index (χ1v) is 9.22. The van der Waals surface area contributed by atoms with Gasteiger partial charge in [0.2, 0.25) is 11.8 Å². The van der Waals surface area contributed by atoms with E-state index in [4.69, 9.17) is 4.74 Å². The van der Waals surface area contributed by atoms with Gasteiger partial charge in [-0.3, -0.25) is 9.59 Å². The number of benzene rings is 2. The average molecular weight is 368 g/mol. The summed E-state index contributed by atoms with van der Waals surface area (Å²) in [6.45, 7) is 0.316. The van der Waals surface area contributed by atoms with E-state index >= 15 is 0 Å². The molecule has 0 bridgehead atoms. The fourth-order valence-corrected chi connectivity index (χ4v) is 3.41. The van der Waals surface area contributed by atoms with Gasteiger partial charge in [-0.15, -0.1) is 0 Å². The number of carbonyl (C=O) groups excluding carboxylic acids is 2. The van der Waals surface area contributed by atoms with Gasteiger partial charge in [0.1, 0.15) is 11.6 Å². The van der Waals surface area contributed by atoms with Crippen molar-refractivity contribution in [2.75, 3.05) is 5.32 Å². The Bertz CT molecular complexity index is 879. The lowest BCUT2D eigenvalue weighted by atomic mass is 9.89. The number of para-hydroxylation sites is 1. The number of halogens is 1. The molecule has 1 unspecified atom stereocenters.